The Morgan fingerprint density at radius 1 is 1.12 bits per heavy atom. The second-order valence-electron chi connectivity index (χ2n) is 6.18. The fourth-order valence-corrected chi connectivity index (χ4v) is 2.91. The normalized spacial score (nSPS) is 11.6. The van der Waals surface area contributed by atoms with Gasteiger partial charge in [-0.05, 0) is 42.2 Å². The Balaban J connectivity index is 1.55. The summed E-state index contributed by atoms with van der Waals surface area (Å²) in [6.45, 7) is 3.11. The van der Waals surface area contributed by atoms with Gasteiger partial charge in [-0.2, -0.15) is 0 Å². The Hall–Kier alpha value is -2.95. The number of aryl methyl sites for hydroxylation is 1. The third-order valence-corrected chi connectivity index (χ3v) is 4.31. The zero-order chi connectivity index (χ0) is 18.4. The standard InChI is InChI=1S/C21H23FN4/c1-15-13-16(8-9-19(15)22)14-26-21(23-2)25-12-10-18-6-3-5-17-7-4-11-24-20(17)18/h3-9,11,13H,10,12,14H2,1-2H3,(H2,23,25,26). The number of fused-ring (bicyclic) bond motifs is 1. The summed E-state index contributed by atoms with van der Waals surface area (Å²) in [5.41, 5.74) is 3.92. The van der Waals surface area contributed by atoms with Crippen molar-refractivity contribution in [3.8, 4) is 0 Å². The maximum absolute atomic E-state index is 13.3. The average molecular weight is 350 g/mol. The Morgan fingerprint density at radius 3 is 2.77 bits per heavy atom. The van der Waals surface area contributed by atoms with Gasteiger partial charge in [0.25, 0.3) is 0 Å². The number of hydrogen-bond donors (Lipinski definition) is 2. The summed E-state index contributed by atoms with van der Waals surface area (Å²) in [5, 5.41) is 7.72. The van der Waals surface area contributed by atoms with E-state index in [0.29, 0.717) is 12.1 Å². The van der Waals surface area contributed by atoms with E-state index in [1.165, 1.54) is 11.6 Å². The fourth-order valence-electron chi connectivity index (χ4n) is 2.91. The summed E-state index contributed by atoms with van der Waals surface area (Å²) in [6, 6.07) is 15.4. The van der Waals surface area contributed by atoms with E-state index in [4.69, 9.17) is 0 Å². The molecule has 0 saturated carbocycles. The van der Waals surface area contributed by atoms with E-state index in [-0.39, 0.29) is 5.82 Å². The number of pyridine rings is 1. The van der Waals surface area contributed by atoms with Crippen LogP contribution in [-0.2, 0) is 13.0 Å². The second-order valence-corrected chi connectivity index (χ2v) is 6.18. The van der Waals surface area contributed by atoms with Crippen LogP contribution in [0.5, 0.6) is 0 Å². The highest BCUT2D eigenvalue weighted by Crippen LogP contribution is 2.16. The molecule has 0 atom stereocenters. The monoisotopic (exact) mass is 350 g/mol. The van der Waals surface area contributed by atoms with Gasteiger partial charge in [0.15, 0.2) is 5.96 Å². The summed E-state index contributed by atoms with van der Waals surface area (Å²) in [7, 11) is 1.74. The molecule has 0 aliphatic carbocycles. The quantitative estimate of drug-likeness (QED) is 0.546. The van der Waals surface area contributed by atoms with Crippen molar-refractivity contribution in [2.45, 2.75) is 19.9 Å². The number of aromatic nitrogens is 1. The Labute approximate surface area is 153 Å². The van der Waals surface area contributed by atoms with Crippen LogP contribution in [0.1, 0.15) is 16.7 Å². The van der Waals surface area contributed by atoms with Crippen molar-refractivity contribution in [3.63, 3.8) is 0 Å². The molecule has 0 spiro atoms. The van der Waals surface area contributed by atoms with Crippen molar-refractivity contribution in [3.05, 3.63) is 77.2 Å². The van der Waals surface area contributed by atoms with Crippen molar-refractivity contribution in [1.29, 1.82) is 0 Å². The van der Waals surface area contributed by atoms with Crippen LogP contribution in [0, 0.1) is 12.7 Å². The predicted octanol–water partition coefficient (Wildman–Crippen LogP) is 3.59. The summed E-state index contributed by atoms with van der Waals surface area (Å²) >= 11 is 0. The molecule has 134 valence electrons. The minimum Gasteiger partial charge on any atom is -0.356 e. The van der Waals surface area contributed by atoms with Gasteiger partial charge in [-0.15, -0.1) is 0 Å². The summed E-state index contributed by atoms with van der Waals surface area (Å²) in [6.07, 6.45) is 2.68. The molecule has 0 bridgehead atoms. The van der Waals surface area contributed by atoms with E-state index in [2.05, 4.69) is 44.9 Å². The Kier molecular flexibility index (Phi) is 5.79. The first-order valence-electron chi connectivity index (χ1n) is 8.69. The van der Waals surface area contributed by atoms with E-state index in [9.17, 15) is 4.39 Å². The van der Waals surface area contributed by atoms with Crippen LogP contribution in [0.25, 0.3) is 10.9 Å². The van der Waals surface area contributed by atoms with Gasteiger partial charge in [0.1, 0.15) is 5.82 Å². The van der Waals surface area contributed by atoms with Crippen molar-refractivity contribution in [2.75, 3.05) is 13.6 Å². The first kappa shape index (κ1) is 17.9. The van der Waals surface area contributed by atoms with Crippen LogP contribution in [0.3, 0.4) is 0 Å². The molecule has 5 heteroatoms. The van der Waals surface area contributed by atoms with Gasteiger partial charge >= 0.3 is 0 Å². The molecule has 0 radical (unpaired) electrons. The molecular weight excluding hydrogens is 327 g/mol. The molecule has 2 aromatic carbocycles. The predicted molar refractivity (Wildman–Crippen MR) is 105 cm³/mol. The molecule has 0 amide bonds. The van der Waals surface area contributed by atoms with Crippen LogP contribution < -0.4 is 10.6 Å². The highest BCUT2D eigenvalue weighted by atomic mass is 19.1. The number of nitrogens with one attached hydrogen (secondary N) is 2. The van der Waals surface area contributed by atoms with Crippen molar-refractivity contribution in [1.82, 2.24) is 15.6 Å². The van der Waals surface area contributed by atoms with Crippen LogP contribution >= 0.6 is 0 Å². The number of aliphatic imine (C=N–C) groups is 1. The van der Waals surface area contributed by atoms with Crippen LogP contribution in [0.2, 0.25) is 0 Å². The smallest absolute Gasteiger partial charge is 0.191 e. The Morgan fingerprint density at radius 2 is 1.96 bits per heavy atom. The topological polar surface area (TPSA) is 49.3 Å². The third kappa shape index (κ3) is 4.36. The van der Waals surface area contributed by atoms with E-state index in [1.54, 1.807) is 20.0 Å². The van der Waals surface area contributed by atoms with Crippen molar-refractivity contribution >= 4 is 16.9 Å². The number of halogens is 1. The number of nitrogens with zero attached hydrogens (tertiary/aromatic N) is 2. The van der Waals surface area contributed by atoms with Crippen molar-refractivity contribution in [2.24, 2.45) is 4.99 Å². The number of guanidine groups is 1. The zero-order valence-corrected chi connectivity index (χ0v) is 15.1. The first-order chi connectivity index (χ1) is 12.7. The summed E-state index contributed by atoms with van der Waals surface area (Å²) in [5.74, 6) is 0.542. The van der Waals surface area contributed by atoms with Gasteiger partial charge < -0.3 is 10.6 Å². The Bertz CT molecular complexity index is 916. The van der Waals surface area contributed by atoms with Crippen LogP contribution in [0.4, 0.5) is 4.39 Å². The number of para-hydroxylation sites is 1. The molecule has 0 unspecified atom stereocenters. The minimum atomic E-state index is -0.181. The molecule has 3 rings (SSSR count). The van der Waals surface area contributed by atoms with Gasteiger partial charge in [-0.25, -0.2) is 4.39 Å². The second kappa shape index (κ2) is 8.43. The molecule has 2 N–H and O–H groups in total. The lowest BCUT2D eigenvalue weighted by Crippen LogP contribution is -2.37. The third-order valence-electron chi connectivity index (χ3n) is 4.31. The lowest BCUT2D eigenvalue weighted by molar-refractivity contribution is 0.617. The largest absolute Gasteiger partial charge is 0.356 e. The van der Waals surface area contributed by atoms with Gasteiger partial charge in [0.05, 0.1) is 5.52 Å². The van der Waals surface area contributed by atoms with E-state index < -0.39 is 0 Å². The van der Waals surface area contributed by atoms with E-state index in [1.807, 2.05) is 18.3 Å². The number of benzene rings is 2. The average Bonchev–Trinajstić information content (AvgIpc) is 2.67. The maximum Gasteiger partial charge on any atom is 0.191 e. The van der Waals surface area contributed by atoms with E-state index in [0.717, 1.165) is 35.4 Å². The highest BCUT2D eigenvalue weighted by molar-refractivity contribution is 5.82. The summed E-state index contributed by atoms with van der Waals surface area (Å²) < 4.78 is 13.3. The lowest BCUT2D eigenvalue weighted by Gasteiger charge is -2.13. The fraction of sp³-hybridized carbons (Fsp3) is 0.238. The van der Waals surface area contributed by atoms with Gasteiger partial charge in [0, 0.05) is 31.7 Å². The van der Waals surface area contributed by atoms with Crippen molar-refractivity contribution < 1.29 is 4.39 Å². The van der Waals surface area contributed by atoms with Crippen LogP contribution in [-0.4, -0.2) is 24.5 Å². The van der Waals surface area contributed by atoms with Crippen LogP contribution in [0.15, 0.2) is 59.7 Å². The van der Waals surface area contributed by atoms with Gasteiger partial charge in [-0.3, -0.25) is 9.98 Å². The zero-order valence-electron chi connectivity index (χ0n) is 15.1. The molecule has 0 aliphatic rings. The minimum absolute atomic E-state index is 0.181. The number of rotatable bonds is 5. The molecular formula is C21H23FN4. The van der Waals surface area contributed by atoms with Gasteiger partial charge in [-0.1, -0.05) is 36.4 Å². The van der Waals surface area contributed by atoms with Gasteiger partial charge in [0.2, 0.25) is 0 Å². The SMILES string of the molecule is CN=C(NCCc1cccc2cccnc12)NCc1ccc(F)c(C)c1. The first-order valence-corrected chi connectivity index (χ1v) is 8.69. The molecule has 1 aromatic heterocycles. The molecule has 3 aromatic rings. The lowest BCUT2D eigenvalue weighted by atomic mass is 10.1. The molecule has 0 fully saturated rings. The highest BCUT2D eigenvalue weighted by Gasteiger charge is 2.04. The molecule has 4 nitrogen and oxygen atoms in total. The molecule has 0 aliphatic heterocycles. The van der Waals surface area contributed by atoms with E-state index >= 15 is 0 Å². The maximum atomic E-state index is 13.3. The molecule has 0 saturated heterocycles. The summed E-state index contributed by atoms with van der Waals surface area (Å²) in [4.78, 5) is 8.73. The molecule has 1 heterocycles. The molecule has 26 heavy (non-hydrogen) atoms. The number of hydrogen-bond acceptors (Lipinski definition) is 2.